The number of hydrogen-bond donors (Lipinski definition) is 2. The lowest BCUT2D eigenvalue weighted by molar-refractivity contribution is 0.0688. The normalized spacial score (nSPS) is 26.3. The summed E-state index contributed by atoms with van der Waals surface area (Å²) in [5.41, 5.74) is 0.0769. The van der Waals surface area contributed by atoms with Crippen LogP contribution in [-0.4, -0.2) is 52.1 Å². The summed E-state index contributed by atoms with van der Waals surface area (Å²) < 4.78 is 2.01. The van der Waals surface area contributed by atoms with Gasteiger partial charge in [0.15, 0.2) is 0 Å². The van der Waals surface area contributed by atoms with E-state index in [1.807, 2.05) is 23.6 Å². The van der Waals surface area contributed by atoms with Crippen LogP contribution in [-0.2, 0) is 0 Å². The van der Waals surface area contributed by atoms with Gasteiger partial charge in [0.05, 0.1) is 26.4 Å². The Hall–Kier alpha value is -1.22. The van der Waals surface area contributed by atoms with Gasteiger partial charge >= 0.3 is 5.97 Å². The third-order valence-corrected chi connectivity index (χ3v) is 6.90. The molecule has 0 aliphatic carbocycles. The fraction of sp³-hybridized carbons (Fsp3) is 0.467. The highest BCUT2D eigenvalue weighted by atomic mass is 32.2. The molecule has 122 valence electrons. The maximum atomic E-state index is 12.6. The molecular weight excluding hydrogens is 334 g/mol. The minimum Gasteiger partial charge on any atom is -0.477 e. The quantitative estimate of drug-likeness (QED) is 0.837. The number of fused-ring (bicyclic) bond motifs is 3. The van der Waals surface area contributed by atoms with Gasteiger partial charge in [0, 0.05) is 26.2 Å². The van der Waals surface area contributed by atoms with Crippen molar-refractivity contribution in [1.82, 2.24) is 14.8 Å². The number of piperazine rings is 1. The number of thioether (sulfide) groups is 2. The molecule has 1 saturated heterocycles. The average Bonchev–Trinajstić information content (AvgIpc) is 2.54. The van der Waals surface area contributed by atoms with Crippen LogP contribution in [0.2, 0.25) is 0 Å². The molecule has 23 heavy (non-hydrogen) atoms. The van der Waals surface area contributed by atoms with E-state index < -0.39 is 5.97 Å². The van der Waals surface area contributed by atoms with E-state index in [0.29, 0.717) is 10.6 Å². The molecule has 4 heterocycles. The Balaban J connectivity index is 1.78. The molecule has 0 bridgehead atoms. The molecule has 1 fully saturated rings. The van der Waals surface area contributed by atoms with E-state index in [1.54, 1.807) is 11.8 Å². The van der Waals surface area contributed by atoms with E-state index >= 15 is 0 Å². The summed E-state index contributed by atoms with van der Waals surface area (Å²) in [6, 6.07) is 0. The first kappa shape index (κ1) is 15.3. The number of hydrogen-bond acceptors (Lipinski definition) is 6. The molecule has 1 aromatic rings. The minimum atomic E-state index is -1.14. The predicted molar refractivity (Wildman–Crippen MR) is 91.4 cm³/mol. The van der Waals surface area contributed by atoms with Gasteiger partial charge in [0.25, 0.3) is 0 Å². The molecule has 3 aliphatic heterocycles. The molecule has 0 saturated carbocycles. The van der Waals surface area contributed by atoms with E-state index in [0.717, 1.165) is 31.2 Å². The molecule has 8 heteroatoms. The van der Waals surface area contributed by atoms with Crippen molar-refractivity contribution in [2.45, 2.75) is 27.7 Å². The van der Waals surface area contributed by atoms with E-state index in [2.05, 4.69) is 10.2 Å². The zero-order chi connectivity index (χ0) is 16.1. The number of nitrogens with zero attached hydrogens (tertiary/aromatic N) is 2. The highest BCUT2D eigenvalue weighted by molar-refractivity contribution is 8.01. The third kappa shape index (κ3) is 2.36. The predicted octanol–water partition coefficient (Wildman–Crippen LogP) is 1.52. The number of nitrogens with one attached hydrogen (secondary N) is 1. The number of aromatic nitrogens is 1. The summed E-state index contributed by atoms with van der Waals surface area (Å²) in [4.78, 5) is 26.4. The lowest BCUT2D eigenvalue weighted by atomic mass is 10.1. The first-order valence-electron chi connectivity index (χ1n) is 7.60. The van der Waals surface area contributed by atoms with Crippen LogP contribution in [0.3, 0.4) is 0 Å². The molecular formula is C15H17N3O3S2. The Labute approximate surface area is 141 Å². The second-order valence-electron chi connectivity index (χ2n) is 5.77. The highest BCUT2D eigenvalue weighted by Gasteiger charge is 2.37. The van der Waals surface area contributed by atoms with Crippen LogP contribution < -0.4 is 10.7 Å². The fourth-order valence-corrected chi connectivity index (χ4v) is 5.86. The van der Waals surface area contributed by atoms with Crippen LogP contribution in [0.25, 0.3) is 6.08 Å². The molecule has 0 aromatic carbocycles. The van der Waals surface area contributed by atoms with E-state index in [9.17, 15) is 14.7 Å². The van der Waals surface area contributed by atoms with Crippen molar-refractivity contribution in [2.24, 2.45) is 0 Å². The Bertz CT molecular complexity index is 768. The lowest BCUT2D eigenvalue weighted by Crippen LogP contribution is -2.47. The van der Waals surface area contributed by atoms with Crippen molar-refractivity contribution in [2.75, 3.05) is 26.2 Å². The monoisotopic (exact) mass is 351 g/mol. The van der Waals surface area contributed by atoms with Crippen LogP contribution in [0, 0.1) is 0 Å². The van der Waals surface area contributed by atoms with Gasteiger partial charge < -0.3 is 15.0 Å². The van der Waals surface area contributed by atoms with Gasteiger partial charge in [0.1, 0.15) is 5.56 Å². The van der Waals surface area contributed by atoms with Gasteiger partial charge in [-0.05, 0) is 13.0 Å². The van der Waals surface area contributed by atoms with Crippen LogP contribution in [0.15, 0.2) is 20.9 Å². The number of pyridine rings is 1. The van der Waals surface area contributed by atoms with Crippen LogP contribution in [0.4, 0.5) is 0 Å². The van der Waals surface area contributed by atoms with Crippen molar-refractivity contribution < 1.29 is 9.90 Å². The molecule has 0 radical (unpaired) electrons. The Morgan fingerprint density at radius 2 is 2.04 bits per heavy atom. The molecule has 1 aromatic heterocycles. The van der Waals surface area contributed by atoms with Crippen molar-refractivity contribution >= 4 is 35.6 Å². The number of rotatable bonds is 2. The zero-order valence-electron chi connectivity index (χ0n) is 12.6. The summed E-state index contributed by atoms with van der Waals surface area (Å²) in [7, 11) is 0. The molecule has 2 atom stereocenters. The van der Waals surface area contributed by atoms with Gasteiger partial charge in [-0.15, -0.1) is 0 Å². The molecule has 2 unspecified atom stereocenters. The van der Waals surface area contributed by atoms with Gasteiger partial charge in [-0.25, -0.2) is 4.79 Å². The number of aromatic carboxylic acids is 1. The molecule has 3 aliphatic rings. The average molecular weight is 351 g/mol. The lowest BCUT2D eigenvalue weighted by Gasteiger charge is -2.39. The molecule has 0 amide bonds. The maximum absolute atomic E-state index is 12.6. The maximum Gasteiger partial charge on any atom is 0.342 e. The number of carboxylic acid groups (broad SMARTS) is 1. The zero-order valence-corrected chi connectivity index (χ0v) is 14.2. The first-order chi connectivity index (χ1) is 11.1. The third-order valence-electron chi connectivity index (χ3n) is 4.38. The van der Waals surface area contributed by atoms with Gasteiger partial charge in [-0.1, -0.05) is 29.6 Å². The highest BCUT2D eigenvalue weighted by Crippen LogP contribution is 2.49. The van der Waals surface area contributed by atoms with Gasteiger partial charge in [0.2, 0.25) is 5.43 Å². The fourth-order valence-electron chi connectivity index (χ4n) is 3.20. The molecule has 0 spiro atoms. The largest absolute Gasteiger partial charge is 0.477 e. The Kier molecular flexibility index (Phi) is 3.79. The van der Waals surface area contributed by atoms with Crippen molar-refractivity contribution in [3.8, 4) is 0 Å². The topological polar surface area (TPSA) is 74.6 Å². The van der Waals surface area contributed by atoms with Crippen molar-refractivity contribution in [1.29, 1.82) is 0 Å². The summed E-state index contributed by atoms with van der Waals surface area (Å²) >= 11 is 3.12. The molecule has 4 rings (SSSR count). The molecule has 2 N–H and O–H groups in total. The van der Waals surface area contributed by atoms with Gasteiger partial charge in [-0.2, -0.15) is 0 Å². The smallest absolute Gasteiger partial charge is 0.342 e. The van der Waals surface area contributed by atoms with Crippen LogP contribution in [0.5, 0.6) is 0 Å². The van der Waals surface area contributed by atoms with E-state index in [1.165, 1.54) is 11.8 Å². The van der Waals surface area contributed by atoms with Gasteiger partial charge in [-0.3, -0.25) is 9.69 Å². The Morgan fingerprint density at radius 3 is 2.70 bits per heavy atom. The number of carbonyl (C=O) groups is 1. The van der Waals surface area contributed by atoms with Crippen molar-refractivity contribution in [3.63, 3.8) is 0 Å². The summed E-state index contributed by atoms with van der Waals surface area (Å²) in [5.74, 6) is -1.14. The summed E-state index contributed by atoms with van der Waals surface area (Å²) in [6.07, 6.45) is 3.84. The van der Waals surface area contributed by atoms with E-state index in [-0.39, 0.29) is 21.7 Å². The minimum absolute atomic E-state index is 0.0854. The summed E-state index contributed by atoms with van der Waals surface area (Å²) in [6.45, 7) is 5.94. The second-order valence-corrected chi connectivity index (χ2v) is 8.18. The molecule has 6 nitrogen and oxygen atoms in total. The van der Waals surface area contributed by atoms with Crippen LogP contribution >= 0.6 is 23.5 Å². The Morgan fingerprint density at radius 1 is 1.30 bits per heavy atom. The standard InChI is InChI=1S/C15H17N3O3S2/c1-8-18-13-9(12(19)11(15(20)21)14(18)22-8)2-3-10(23-13)17-6-4-16-5-7-17/h2-3,8,10,16H,4-7H2,1H3,(H,20,21). The second kappa shape index (κ2) is 5.70. The summed E-state index contributed by atoms with van der Waals surface area (Å²) in [5, 5.41) is 14.6. The van der Waals surface area contributed by atoms with Crippen molar-refractivity contribution in [3.05, 3.63) is 27.4 Å². The SMILES string of the molecule is CC1Sc2c(C(=O)O)c(=O)c3c(n21)SC(N1CCNCC1)C=C3. The first-order valence-corrected chi connectivity index (χ1v) is 9.36. The van der Waals surface area contributed by atoms with Crippen LogP contribution in [0.1, 0.15) is 28.2 Å². The van der Waals surface area contributed by atoms with E-state index in [4.69, 9.17) is 0 Å². The number of carboxylic acids is 1.